The Morgan fingerprint density at radius 1 is 1.53 bits per heavy atom. The van der Waals surface area contributed by atoms with Crippen molar-refractivity contribution in [3.05, 3.63) is 20.8 Å². The first kappa shape index (κ1) is 12.6. The zero-order chi connectivity index (χ0) is 12.4. The van der Waals surface area contributed by atoms with E-state index >= 15 is 0 Å². The van der Waals surface area contributed by atoms with Crippen LogP contribution in [-0.2, 0) is 16.0 Å². The minimum atomic E-state index is -0.361. The number of nitrogens with zero attached hydrogens (tertiary/aromatic N) is 1. The van der Waals surface area contributed by atoms with Crippen molar-refractivity contribution >= 4 is 39.1 Å². The third kappa shape index (κ3) is 2.87. The minimum Gasteiger partial charge on any atom is -0.345 e. The molecule has 17 heavy (non-hydrogen) atoms. The summed E-state index contributed by atoms with van der Waals surface area (Å²) in [5.41, 5.74) is 0. The first-order chi connectivity index (χ1) is 8.08. The molecule has 0 radical (unpaired) electrons. The highest BCUT2D eigenvalue weighted by atomic mass is 79.9. The number of halogens is 1. The lowest BCUT2D eigenvalue weighted by atomic mass is 10.2. The summed E-state index contributed by atoms with van der Waals surface area (Å²) in [4.78, 5) is 26.0. The average molecular weight is 317 g/mol. The zero-order valence-electron chi connectivity index (χ0n) is 9.40. The Hall–Kier alpha value is -0.880. The summed E-state index contributed by atoms with van der Waals surface area (Å²) < 4.78 is 1.09. The van der Waals surface area contributed by atoms with Gasteiger partial charge in [0.2, 0.25) is 11.8 Å². The molecule has 2 heterocycles. The Morgan fingerprint density at radius 3 is 2.94 bits per heavy atom. The molecule has 1 atom stereocenters. The minimum absolute atomic E-state index is 0.00674. The number of piperazine rings is 1. The van der Waals surface area contributed by atoms with Crippen molar-refractivity contribution in [3.63, 3.8) is 0 Å². The van der Waals surface area contributed by atoms with E-state index in [0.717, 1.165) is 10.2 Å². The quantitative estimate of drug-likeness (QED) is 0.916. The van der Waals surface area contributed by atoms with E-state index in [2.05, 4.69) is 21.2 Å². The largest absolute Gasteiger partial charge is 0.345 e. The van der Waals surface area contributed by atoms with E-state index in [1.54, 1.807) is 23.2 Å². The molecular weight excluding hydrogens is 304 g/mol. The monoisotopic (exact) mass is 316 g/mol. The molecule has 4 nitrogen and oxygen atoms in total. The number of amides is 2. The Balaban J connectivity index is 1.97. The number of hydrogen-bond acceptors (Lipinski definition) is 3. The summed E-state index contributed by atoms with van der Waals surface area (Å²) in [5.74, 6) is -0.0790. The smallest absolute Gasteiger partial charge is 0.242 e. The highest BCUT2D eigenvalue weighted by molar-refractivity contribution is 9.11. The fourth-order valence-corrected chi connectivity index (χ4v) is 3.28. The summed E-state index contributed by atoms with van der Waals surface area (Å²) in [6.07, 6.45) is 0.791. The van der Waals surface area contributed by atoms with Gasteiger partial charge >= 0.3 is 0 Å². The van der Waals surface area contributed by atoms with Crippen LogP contribution in [0.25, 0.3) is 0 Å². The molecule has 0 spiro atoms. The van der Waals surface area contributed by atoms with Crippen LogP contribution in [0.1, 0.15) is 11.8 Å². The maximum atomic E-state index is 11.7. The normalized spacial score (nSPS) is 20.6. The number of rotatable bonds is 3. The van der Waals surface area contributed by atoms with Crippen molar-refractivity contribution in [1.82, 2.24) is 10.2 Å². The lowest BCUT2D eigenvalue weighted by Gasteiger charge is -2.32. The van der Waals surface area contributed by atoms with Gasteiger partial charge in [-0.3, -0.25) is 9.59 Å². The van der Waals surface area contributed by atoms with Gasteiger partial charge in [0.15, 0.2) is 0 Å². The van der Waals surface area contributed by atoms with E-state index in [1.165, 1.54) is 4.88 Å². The fourth-order valence-electron chi connectivity index (χ4n) is 1.80. The molecule has 2 amide bonds. The summed E-state index contributed by atoms with van der Waals surface area (Å²) in [6, 6.07) is 3.67. The second-order valence-corrected chi connectivity index (χ2v) is 6.48. The third-order valence-electron chi connectivity index (χ3n) is 2.81. The number of carbonyl (C=O) groups is 2. The van der Waals surface area contributed by atoms with Crippen molar-refractivity contribution in [1.29, 1.82) is 0 Å². The molecule has 1 saturated heterocycles. The SMILES string of the molecule is CC1C(=O)NCC(=O)N1CCc1ccc(Br)s1. The number of hydrogen-bond donors (Lipinski definition) is 1. The maximum absolute atomic E-state index is 11.7. The zero-order valence-corrected chi connectivity index (χ0v) is 11.8. The molecule has 6 heteroatoms. The first-order valence-corrected chi connectivity index (χ1v) is 7.00. The summed E-state index contributed by atoms with van der Waals surface area (Å²) >= 11 is 5.06. The van der Waals surface area contributed by atoms with Crippen LogP contribution in [0.4, 0.5) is 0 Å². The van der Waals surface area contributed by atoms with Gasteiger partial charge < -0.3 is 10.2 Å². The van der Waals surface area contributed by atoms with Gasteiger partial charge in [0, 0.05) is 11.4 Å². The molecule has 1 N–H and O–H groups in total. The molecule has 0 aliphatic carbocycles. The van der Waals surface area contributed by atoms with E-state index in [4.69, 9.17) is 0 Å². The lowest BCUT2D eigenvalue weighted by Crippen LogP contribution is -2.57. The fraction of sp³-hybridized carbons (Fsp3) is 0.455. The molecule has 1 unspecified atom stereocenters. The molecule has 1 aliphatic rings. The highest BCUT2D eigenvalue weighted by Crippen LogP contribution is 2.22. The van der Waals surface area contributed by atoms with Crippen LogP contribution in [0.3, 0.4) is 0 Å². The van der Waals surface area contributed by atoms with Gasteiger partial charge in [0.05, 0.1) is 10.3 Å². The van der Waals surface area contributed by atoms with Gasteiger partial charge in [-0.15, -0.1) is 11.3 Å². The van der Waals surface area contributed by atoms with Crippen molar-refractivity contribution in [2.45, 2.75) is 19.4 Å². The summed E-state index contributed by atoms with van der Waals surface area (Å²) in [7, 11) is 0. The predicted octanol–water partition coefficient (Wildman–Crippen LogP) is 1.40. The topological polar surface area (TPSA) is 49.4 Å². The van der Waals surface area contributed by atoms with Crippen molar-refractivity contribution in [3.8, 4) is 0 Å². The standard InChI is InChI=1S/C11H13BrN2O2S/c1-7-11(16)13-6-10(15)14(7)5-4-8-2-3-9(12)17-8/h2-3,7H,4-6H2,1H3,(H,13,16). The van der Waals surface area contributed by atoms with Crippen LogP contribution in [0.15, 0.2) is 15.9 Å². The molecule has 2 rings (SSSR count). The maximum Gasteiger partial charge on any atom is 0.242 e. The Labute approximate surface area is 112 Å². The Kier molecular flexibility index (Phi) is 3.83. The molecular formula is C11H13BrN2O2S. The molecule has 0 bridgehead atoms. The van der Waals surface area contributed by atoms with Gasteiger partial charge in [0.25, 0.3) is 0 Å². The van der Waals surface area contributed by atoms with Crippen LogP contribution >= 0.6 is 27.3 Å². The molecule has 0 saturated carbocycles. The van der Waals surface area contributed by atoms with E-state index in [-0.39, 0.29) is 24.4 Å². The van der Waals surface area contributed by atoms with Crippen LogP contribution < -0.4 is 5.32 Å². The van der Waals surface area contributed by atoms with Crippen molar-refractivity contribution in [2.75, 3.05) is 13.1 Å². The van der Waals surface area contributed by atoms with Gasteiger partial charge in [0.1, 0.15) is 6.04 Å². The summed E-state index contributed by atoms with van der Waals surface area (Å²) in [6.45, 7) is 2.48. The third-order valence-corrected chi connectivity index (χ3v) is 4.49. The molecule has 0 aromatic carbocycles. The van der Waals surface area contributed by atoms with Crippen LogP contribution in [0.5, 0.6) is 0 Å². The van der Waals surface area contributed by atoms with E-state index < -0.39 is 0 Å². The van der Waals surface area contributed by atoms with E-state index in [1.807, 2.05) is 12.1 Å². The van der Waals surface area contributed by atoms with Gasteiger partial charge in [-0.2, -0.15) is 0 Å². The first-order valence-electron chi connectivity index (χ1n) is 5.39. The number of carbonyl (C=O) groups excluding carboxylic acids is 2. The van der Waals surface area contributed by atoms with Crippen LogP contribution in [0.2, 0.25) is 0 Å². The van der Waals surface area contributed by atoms with Crippen molar-refractivity contribution in [2.24, 2.45) is 0 Å². The van der Waals surface area contributed by atoms with Crippen molar-refractivity contribution < 1.29 is 9.59 Å². The Morgan fingerprint density at radius 2 is 2.29 bits per heavy atom. The van der Waals surface area contributed by atoms with E-state index in [0.29, 0.717) is 6.54 Å². The summed E-state index contributed by atoms with van der Waals surface area (Å²) in [5, 5.41) is 2.58. The predicted molar refractivity (Wildman–Crippen MR) is 69.9 cm³/mol. The van der Waals surface area contributed by atoms with Gasteiger partial charge in [-0.1, -0.05) is 0 Å². The average Bonchev–Trinajstić information content (AvgIpc) is 2.70. The number of thiophene rings is 1. The van der Waals surface area contributed by atoms with Gasteiger partial charge in [-0.25, -0.2) is 0 Å². The van der Waals surface area contributed by atoms with Gasteiger partial charge in [-0.05, 0) is 41.4 Å². The Bertz CT molecular complexity index is 446. The molecule has 1 aromatic heterocycles. The van der Waals surface area contributed by atoms with Crippen LogP contribution in [0, 0.1) is 0 Å². The molecule has 1 fully saturated rings. The lowest BCUT2D eigenvalue weighted by molar-refractivity contribution is -0.144. The second-order valence-electron chi connectivity index (χ2n) is 3.94. The molecule has 92 valence electrons. The van der Waals surface area contributed by atoms with Crippen LogP contribution in [-0.4, -0.2) is 35.8 Å². The molecule has 1 aliphatic heterocycles. The number of nitrogens with one attached hydrogen (secondary N) is 1. The second kappa shape index (κ2) is 5.18. The van der Waals surface area contributed by atoms with E-state index in [9.17, 15) is 9.59 Å². The molecule has 1 aromatic rings. The highest BCUT2D eigenvalue weighted by Gasteiger charge is 2.30.